The number of ketones is 1. The van der Waals surface area contributed by atoms with Crippen molar-refractivity contribution in [3.8, 4) is 5.75 Å². The van der Waals surface area contributed by atoms with Gasteiger partial charge in [-0.3, -0.25) is 24.0 Å². The normalized spacial score (nSPS) is 12.8. The average molecular weight is 596 g/mol. The Balaban J connectivity index is 2.04. The molecule has 0 aromatic heterocycles. The van der Waals surface area contributed by atoms with Crippen LogP contribution in [0.1, 0.15) is 70.4 Å². The molecule has 10 nitrogen and oxygen atoms in total. The molecule has 2 aromatic rings. The van der Waals surface area contributed by atoms with Crippen molar-refractivity contribution >= 4 is 29.5 Å². The zero-order valence-corrected chi connectivity index (χ0v) is 25.4. The minimum absolute atomic E-state index is 0.0882. The van der Waals surface area contributed by atoms with E-state index in [1.807, 2.05) is 51.1 Å². The van der Waals surface area contributed by atoms with Crippen LogP contribution in [-0.4, -0.2) is 48.9 Å². The van der Waals surface area contributed by atoms with Crippen LogP contribution >= 0.6 is 0 Å². The predicted molar refractivity (Wildman–Crippen MR) is 163 cm³/mol. The lowest BCUT2D eigenvalue weighted by Gasteiger charge is -2.25. The molecule has 0 aliphatic carbocycles. The first-order chi connectivity index (χ1) is 20.6. The van der Waals surface area contributed by atoms with Crippen molar-refractivity contribution in [1.82, 2.24) is 10.6 Å². The van der Waals surface area contributed by atoms with E-state index in [9.17, 15) is 24.0 Å². The molecule has 234 valence electrons. The molecular formula is C33H45N3O7. The molecule has 10 heteroatoms. The third-order valence-electron chi connectivity index (χ3n) is 7.26. The molecule has 0 saturated heterocycles. The fourth-order valence-corrected chi connectivity index (χ4v) is 4.48. The average Bonchev–Trinajstić information content (AvgIpc) is 2.99. The summed E-state index contributed by atoms with van der Waals surface area (Å²) < 4.78 is 10.7. The quantitative estimate of drug-likeness (QED) is 0.120. The smallest absolute Gasteiger partial charge is 0.313 e. The van der Waals surface area contributed by atoms with Crippen LogP contribution in [0.4, 0.5) is 0 Å². The topological polar surface area (TPSA) is 154 Å². The number of primary amides is 1. The van der Waals surface area contributed by atoms with Crippen LogP contribution in [0.15, 0.2) is 54.6 Å². The maximum absolute atomic E-state index is 13.5. The van der Waals surface area contributed by atoms with Gasteiger partial charge in [0.05, 0.1) is 19.0 Å². The van der Waals surface area contributed by atoms with Gasteiger partial charge in [-0.15, -0.1) is 0 Å². The minimum atomic E-state index is -0.838. The Hall–Kier alpha value is -4.21. The lowest BCUT2D eigenvalue weighted by molar-refractivity contribution is -0.149. The fraction of sp³-hybridized carbons (Fsp3) is 0.485. The molecule has 2 aromatic carbocycles. The summed E-state index contributed by atoms with van der Waals surface area (Å²) in [6, 6.07) is 15.4. The van der Waals surface area contributed by atoms with E-state index in [1.165, 1.54) is 0 Å². The third-order valence-corrected chi connectivity index (χ3v) is 7.26. The molecule has 0 heterocycles. The number of nitrogens with one attached hydrogen (secondary N) is 2. The number of carbonyl (C=O) groups is 5. The van der Waals surface area contributed by atoms with Crippen LogP contribution in [0.5, 0.6) is 5.75 Å². The van der Waals surface area contributed by atoms with Gasteiger partial charge in [0.1, 0.15) is 5.75 Å². The van der Waals surface area contributed by atoms with E-state index in [0.717, 1.165) is 30.4 Å². The van der Waals surface area contributed by atoms with Gasteiger partial charge in [0, 0.05) is 18.8 Å². The van der Waals surface area contributed by atoms with E-state index < -0.39 is 29.7 Å². The summed E-state index contributed by atoms with van der Waals surface area (Å²) in [6.07, 6.45) is 3.83. The molecule has 4 N–H and O–H groups in total. The number of unbranched alkanes of at least 4 members (excludes halogenated alkanes) is 2. The lowest BCUT2D eigenvalue weighted by Crippen LogP contribution is -2.45. The van der Waals surface area contributed by atoms with Crippen LogP contribution < -0.4 is 21.1 Å². The van der Waals surface area contributed by atoms with Gasteiger partial charge in [0.15, 0.2) is 5.78 Å². The molecule has 0 radical (unpaired) electrons. The van der Waals surface area contributed by atoms with Gasteiger partial charge in [-0.1, -0.05) is 82.5 Å². The number of rotatable bonds is 20. The number of benzene rings is 2. The second-order valence-electron chi connectivity index (χ2n) is 10.7. The molecule has 2 rings (SSSR count). The Labute approximate surface area is 254 Å². The molecule has 0 bridgehead atoms. The van der Waals surface area contributed by atoms with E-state index in [-0.39, 0.29) is 50.2 Å². The maximum Gasteiger partial charge on any atom is 0.313 e. The van der Waals surface area contributed by atoms with E-state index in [1.54, 1.807) is 24.3 Å². The molecule has 3 atom stereocenters. The van der Waals surface area contributed by atoms with E-state index in [0.29, 0.717) is 18.6 Å². The highest BCUT2D eigenvalue weighted by Crippen LogP contribution is 2.22. The highest BCUT2D eigenvalue weighted by Gasteiger charge is 2.31. The Morgan fingerprint density at radius 3 is 2.23 bits per heavy atom. The lowest BCUT2D eigenvalue weighted by atomic mass is 9.84. The van der Waals surface area contributed by atoms with Crippen LogP contribution in [-0.2, 0) is 41.6 Å². The van der Waals surface area contributed by atoms with Crippen LogP contribution in [0.3, 0.4) is 0 Å². The van der Waals surface area contributed by atoms with Crippen molar-refractivity contribution in [3.05, 3.63) is 65.7 Å². The van der Waals surface area contributed by atoms with Crippen LogP contribution in [0, 0.1) is 11.8 Å². The van der Waals surface area contributed by atoms with Crippen molar-refractivity contribution in [2.24, 2.45) is 17.6 Å². The third kappa shape index (κ3) is 13.5. The highest BCUT2D eigenvalue weighted by molar-refractivity contribution is 5.93. The minimum Gasteiger partial charge on any atom is -0.457 e. The standard InChI is InChI=1S/C33H45N3O7/c1-4-6-8-13-31(39)36-28(29(37)20-27(23(3)5-2)33(41)35-21-30(34)38)18-25-14-16-26(17-15-25)42-22-43-32(40)19-24-11-9-7-10-12-24/h7,9-12,14-17,23,27-28H,4-6,8,13,18-22H2,1-3H3,(H2,34,38)(H,35,41)(H,36,39). The molecule has 0 saturated carbocycles. The first-order valence-corrected chi connectivity index (χ1v) is 14.9. The van der Waals surface area contributed by atoms with Crippen LogP contribution in [0.2, 0.25) is 0 Å². The van der Waals surface area contributed by atoms with Gasteiger partial charge in [-0.2, -0.15) is 0 Å². The molecule has 43 heavy (non-hydrogen) atoms. The van der Waals surface area contributed by atoms with Crippen molar-refractivity contribution in [2.75, 3.05) is 13.3 Å². The Morgan fingerprint density at radius 2 is 1.60 bits per heavy atom. The second-order valence-corrected chi connectivity index (χ2v) is 10.7. The number of esters is 1. The van der Waals surface area contributed by atoms with Gasteiger partial charge in [0.25, 0.3) is 0 Å². The molecule has 3 amide bonds. The maximum atomic E-state index is 13.5. The van der Waals surface area contributed by atoms with Crippen molar-refractivity contribution < 1.29 is 33.4 Å². The molecule has 3 unspecified atom stereocenters. The number of amides is 3. The molecule has 0 aliphatic heterocycles. The van der Waals surface area contributed by atoms with Gasteiger partial charge in [0.2, 0.25) is 24.5 Å². The summed E-state index contributed by atoms with van der Waals surface area (Å²) in [4.78, 5) is 62.3. The second kappa shape index (κ2) is 19.1. The summed E-state index contributed by atoms with van der Waals surface area (Å²) in [7, 11) is 0. The van der Waals surface area contributed by atoms with Gasteiger partial charge < -0.3 is 25.8 Å². The zero-order chi connectivity index (χ0) is 31.6. The molecular weight excluding hydrogens is 550 g/mol. The van der Waals surface area contributed by atoms with Crippen molar-refractivity contribution in [2.45, 2.75) is 78.2 Å². The van der Waals surface area contributed by atoms with E-state index in [2.05, 4.69) is 10.6 Å². The number of Topliss-reactive ketones (excluding diaryl/α,β-unsaturated/α-hetero) is 1. The van der Waals surface area contributed by atoms with Crippen molar-refractivity contribution in [3.63, 3.8) is 0 Å². The summed E-state index contributed by atoms with van der Waals surface area (Å²) >= 11 is 0. The van der Waals surface area contributed by atoms with E-state index in [4.69, 9.17) is 15.2 Å². The number of hydrogen-bond acceptors (Lipinski definition) is 7. The van der Waals surface area contributed by atoms with Gasteiger partial charge in [-0.25, -0.2) is 0 Å². The summed E-state index contributed by atoms with van der Waals surface area (Å²) in [5.41, 5.74) is 6.79. The summed E-state index contributed by atoms with van der Waals surface area (Å²) in [5.74, 6) is -2.30. The Bertz CT molecular complexity index is 1180. The monoisotopic (exact) mass is 595 g/mol. The first-order valence-electron chi connectivity index (χ1n) is 14.9. The zero-order valence-electron chi connectivity index (χ0n) is 25.4. The molecule has 0 aliphatic rings. The van der Waals surface area contributed by atoms with Crippen LogP contribution in [0.25, 0.3) is 0 Å². The number of hydrogen-bond donors (Lipinski definition) is 3. The molecule has 0 fully saturated rings. The number of nitrogens with two attached hydrogens (primary N) is 1. The van der Waals surface area contributed by atoms with Gasteiger partial charge in [-0.05, 0) is 42.0 Å². The van der Waals surface area contributed by atoms with Crippen molar-refractivity contribution in [1.29, 1.82) is 0 Å². The largest absolute Gasteiger partial charge is 0.457 e. The highest BCUT2D eigenvalue weighted by atomic mass is 16.7. The Kier molecular flexibility index (Phi) is 15.5. The first kappa shape index (κ1) is 35.0. The summed E-state index contributed by atoms with van der Waals surface area (Å²) in [6.45, 7) is 5.29. The van der Waals surface area contributed by atoms with Gasteiger partial charge >= 0.3 is 5.97 Å². The number of carbonyl (C=O) groups excluding carboxylic acids is 5. The number of ether oxygens (including phenoxy) is 2. The predicted octanol–water partition coefficient (Wildman–Crippen LogP) is 3.64. The Morgan fingerprint density at radius 1 is 0.907 bits per heavy atom. The fourth-order valence-electron chi connectivity index (χ4n) is 4.48. The SMILES string of the molecule is CCCCCC(=O)NC(Cc1ccc(OCOC(=O)Cc2ccccc2)cc1)C(=O)CC(C(=O)NCC(N)=O)C(C)CC. The summed E-state index contributed by atoms with van der Waals surface area (Å²) in [5, 5.41) is 5.38. The molecule has 0 spiro atoms. The van der Waals surface area contributed by atoms with E-state index >= 15 is 0 Å².